The number of rotatable bonds is 23. The number of nitrogens with one attached hydrogen (secondary N) is 2. The number of carbonyl (C=O) groups is 2. The van der Waals surface area contributed by atoms with E-state index in [1.807, 2.05) is 0 Å². The minimum atomic E-state index is 0.513. The van der Waals surface area contributed by atoms with Crippen molar-refractivity contribution in [2.45, 2.75) is 83.5 Å². The van der Waals surface area contributed by atoms with Crippen LogP contribution >= 0.6 is 0 Å². The van der Waals surface area contributed by atoms with Gasteiger partial charge in [0.1, 0.15) is 12.6 Å². The van der Waals surface area contributed by atoms with Crippen LogP contribution in [0.25, 0.3) is 0 Å². The second-order valence-corrected chi connectivity index (χ2v) is 7.27. The normalized spacial score (nSPS) is 11.2. The first-order valence-corrected chi connectivity index (χ1v) is 11.1. The third-order valence-electron chi connectivity index (χ3n) is 4.81. The molecule has 0 aliphatic rings. The van der Waals surface area contributed by atoms with E-state index in [2.05, 4.69) is 15.5 Å². The fourth-order valence-electron chi connectivity index (χ4n) is 3.20. The van der Waals surface area contributed by atoms with Crippen molar-refractivity contribution in [3.8, 4) is 0 Å². The molecular formula is C21H44N4O2. The lowest BCUT2D eigenvalue weighted by molar-refractivity contribution is -0.108. The maximum atomic E-state index is 10.3. The van der Waals surface area contributed by atoms with Crippen molar-refractivity contribution in [1.29, 1.82) is 0 Å². The Hall–Kier alpha value is -0.820. The molecule has 0 atom stereocenters. The first-order chi connectivity index (χ1) is 13.3. The minimum absolute atomic E-state index is 0.513. The van der Waals surface area contributed by atoms with Crippen LogP contribution in [0.4, 0.5) is 0 Å². The van der Waals surface area contributed by atoms with Gasteiger partial charge in [0.2, 0.25) is 0 Å². The van der Waals surface area contributed by atoms with Crippen molar-refractivity contribution in [3.05, 3.63) is 0 Å². The SMILES string of the molecule is NCNCNCCCN(CCCCCCCC=O)CCCCCCCC=O. The molecule has 0 bridgehead atoms. The zero-order valence-electron chi connectivity index (χ0n) is 17.4. The van der Waals surface area contributed by atoms with E-state index in [0.717, 1.165) is 51.6 Å². The molecule has 0 aromatic carbocycles. The highest BCUT2D eigenvalue weighted by Crippen LogP contribution is 2.09. The molecule has 0 radical (unpaired) electrons. The third-order valence-corrected chi connectivity index (χ3v) is 4.81. The van der Waals surface area contributed by atoms with Crippen LogP contribution in [0.3, 0.4) is 0 Å². The molecule has 0 aliphatic carbocycles. The molecule has 6 nitrogen and oxygen atoms in total. The summed E-state index contributed by atoms with van der Waals surface area (Å²) >= 11 is 0. The fourth-order valence-corrected chi connectivity index (χ4v) is 3.20. The summed E-state index contributed by atoms with van der Waals surface area (Å²) in [4.78, 5) is 23.3. The highest BCUT2D eigenvalue weighted by Gasteiger charge is 2.05. The molecule has 0 fully saturated rings. The van der Waals surface area contributed by atoms with Gasteiger partial charge in [0.25, 0.3) is 0 Å². The van der Waals surface area contributed by atoms with Gasteiger partial charge in [-0.2, -0.15) is 0 Å². The molecule has 160 valence electrons. The number of hydrogen-bond donors (Lipinski definition) is 3. The van der Waals surface area contributed by atoms with Crippen molar-refractivity contribution in [2.75, 3.05) is 39.5 Å². The predicted molar refractivity (Wildman–Crippen MR) is 114 cm³/mol. The Morgan fingerprint density at radius 3 is 1.63 bits per heavy atom. The van der Waals surface area contributed by atoms with E-state index >= 15 is 0 Å². The molecule has 27 heavy (non-hydrogen) atoms. The molecule has 0 saturated carbocycles. The average Bonchev–Trinajstić information content (AvgIpc) is 2.68. The lowest BCUT2D eigenvalue weighted by atomic mass is 10.1. The Labute approximate surface area is 167 Å². The van der Waals surface area contributed by atoms with Gasteiger partial charge in [-0.15, -0.1) is 0 Å². The highest BCUT2D eigenvalue weighted by molar-refractivity contribution is 5.49. The van der Waals surface area contributed by atoms with E-state index < -0.39 is 0 Å². The largest absolute Gasteiger partial charge is 0.318 e. The van der Waals surface area contributed by atoms with Gasteiger partial charge in [-0.25, -0.2) is 0 Å². The van der Waals surface area contributed by atoms with E-state index in [4.69, 9.17) is 5.73 Å². The highest BCUT2D eigenvalue weighted by atomic mass is 16.1. The first-order valence-electron chi connectivity index (χ1n) is 11.1. The van der Waals surface area contributed by atoms with E-state index in [1.54, 1.807) is 0 Å². The topological polar surface area (TPSA) is 87.5 Å². The predicted octanol–water partition coefficient (Wildman–Crippen LogP) is 2.81. The van der Waals surface area contributed by atoms with Crippen molar-refractivity contribution < 1.29 is 9.59 Å². The van der Waals surface area contributed by atoms with Gasteiger partial charge in [0.15, 0.2) is 0 Å². The molecule has 0 rings (SSSR count). The van der Waals surface area contributed by atoms with Gasteiger partial charge in [-0.05, 0) is 58.3 Å². The molecule has 6 heteroatoms. The summed E-state index contributed by atoms with van der Waals surface area (Å²) in [5.74, 6) is 0. The van der Waals surface area contributed by atoms with E-state index in [1.165, 1.54) is 64.5 Å². The zero-order chi connectivity index (χ0) is 19.8. The lowest BCUT2D eigenvalue weighted by Crippen LogP contribution is -2.35. The van der Waals surface area contributed by atoms with Crippen molar-refractivity contribution in [3.63, 3.8) is 0 Å². The van der Waals surface area contributed by atoms with Crippen LogP contribution in [0.1, 0.15) is 83.5 Å². The Bertz CT molecular complexity index is 295. The van der Waals surface area contributed by atoms with Crippen LogP contribution in [0.15, 0.2) is 0 Å². The molecule has 0 unspecified atom stereocenters. The quantitative estimate of drug-likeness (QED) is 0.143. The third kappa shape index (κ3) is 21.3. The number of hydrogen-bond acceptors (Lipinski definition) is 6. The van der Waals surface area contributed by atoms with E-state index in [-0.39, 0.29) is 0 Å². The standard InChI is InChI=1S/C21H44N4O2/c22-20-24-21-23-14-13-17-25(15-9-5-1-3-7-11-18-26)16-10-6-2-4-8-12-19-27/h18-19,23-24H,1-17,20-22H2. The number of nitrogens with two attached hydrogens (primary N) is 1. The fraction of sp³-hybridized carbons (Fsp3) is 0.905. The Balaban J connectivity index is 3.81. The van der Waals surface area contributed by atoms with Gasteiger partial charge in [0, 0.05) is 26.2 Å². The molecular weight excluding hydrogens is 340 g/mol. The maximum Gasteiger partial charge on any atom is 0.119 e. The van der Waals surface area contributed by atoms with Gasteiger partial charge in [0.05, 0.1) is 0 Å². The summed E-state index contributed by atoms with van der Waals surface area (Å²) < 4.78 is 0. The number of nitrogens with zero attached hydrogens (tertiary/aromatic N) is 1. The Kier molecular flexibility index (Phi) is 22.5. The van der Waals surface area contributed by atoms with Crippen LogP contribution in [-0.2, 0) is 9.59 Å². The van der Waals surface area contributed by atoms with E-state index in [0.29, 0.717) is 19.5 Å². The molecule has 4 N–H and O–H groups in total. The summed E-state index contributed by atoms with van der Waals surface area (Å²) in [7, 11) is 0. The van der Waals surface area contributed by atoms with Crippen molar-refractivity contribution in [1.82, 2.24) is 15.5 Å². The Morgan fingerprint density at radius 1 is 0.630 bits per heavy atom. The van der Waals surface area contributed by atoms with Crippen molar-refractivity contribution >= 4 is 12.6 Å². The smallest absolute Gasteiger partial charge is 0.119 e. The monoisotopic (exact) mass is 384 g/mol. The zero-order valence-corrected chi connectivity index (χ0v) is 17.4. The summed E-state index contributed by atoms with van der Waals surface area (Å²) in [5.41, 5.74) is 5.41. The van der Waals surface area contributed by atoms with Gasteiger partial charge < -0.3 is 25.5 Å². The van der Waals surface area contributed by atoms with Crippen LogP contribution in [0.5, 0.6) is 0 Å². The summed E-state index contributed by atoms with van der Waals surface area (Å²) in [6, 6.07) is 0. The lowest BCUT2D eigenvalue weighted by Gasteiger charge is -2.22. The number of aldehydes is 2. The molecule has 0 aromatic rings. The second-order valence-electron chi connectivity index (χ2n) is 7.27. The van der Waals surface area contributed by atoms with Crippen LogP contribution in [0, 0.1) is 0 Å². The van der Waals surface area contributed by atoms with Crippen molar-refractivity contribution in [2.24, 2.45) is 5.73 Å². The van der Waals surface area contributed by atoms with Gasteiger partial charge in [-0.3, -0.25) is 5.32 Å². The van der Waals surface area contributed by atoms with Crippen LogP contribution < -0.4 is 16.4 Å². The molecule has 0 spiro atoms. The first kappa shape index (κ1) is 26.2. The summed E-state index contributed by atoms with van der Waals surface area (Å²) in [5, 5.41) is 6.43. The molecule has 0 aromatic heterocycles. The van der Waals surface area contributed by atoms with Crippen LogP contribution in [0.2, 0.25) is 0 Å². The maximum absolute atomic E-state index is 10.3. The molecule has 0 aliphatic heterocycles. The minimum Gasteiger partial charge on any atom is -0.318 e. The van der Waals surface area contributed by atoms with Gasteiger partial charge >= 0.3 is 0 Å². The van der Waals surface area contributed by atoms with E-state index in [9.17, 15) is 9.59 Å². The Morgan fingerprint density at radius 2 is 1.11 bits per heavy atom. The second kappa shape index (κ2) is 23.2. The summed E-state index contributed by atoms with van der Waals surface area (Å²) in [6.45, 7) is 5.81. The molecule has 0 saturated heterocycles. The molecule has 0 heterocycles. The number of carbonyl (C=O) groups excluding carboxylic acids is 2. The molecule has 0 amide bonds. The summed E-state index contributed by atoms with van der Waals surface area (Å²) in [6.07, 6.45) is 16.6. The van der Waals surface area contributed by atoms with Gasteiger partial charge in [-0.1, -0.05) is 38.5 Å². The number of unbranched alkanes of at least 4 members (excludes halogenated alkanes) is 10. The van der Waals surface area contributed by atoms with Crippen LogP contribution in [-0.4, -0.2) is 57.0 Å². The average molecular weight is 385 g/mol.